The molecule has 0 radical (unpaired) electrons. The zero-order valence-electron chi connectivity index (χ0n) is 14.2. The fourth-order valence-electron chi connectivity index (χ4n) is 3.09. The van der Waals surface area contributed by atoms with E-state index in [9.17, 15) is 0 Å². The maximum atomic E-state index is 5.80. The van der Waals surface area contributed by atoms with Gasteiger partial charge in [0.1, 0.15) is 5.69 Å². The minimum absolute atomic E-state index is 0.138. The Morgan fingerprint density at radius 1 is 1.08 bits per heavy atom. The number of furan rings is 1. The summed E-state index contributed by atoms with van der Waals surface area (Å²) in [5, 5.41) is 0. The van der Waals surface area contributed by atoms with Gasteiger partial charge in [0, 0.05) is 37.2 Å². The van der Waals surface area contributed by atoms with Crippen LogP contribution >= 0.6 is 0 Å². The van der Waals surface area contributed by atoms with Gasteiger partial charge in [0.05, 0.1) is 30.4 Å². The molecule has 0 aromatic carbocycles. The van der Waals surface area contributed by atoms with Crippen LogP contribution < -0.4 is 4.90 Å². The molecule has 128 valence electrons. The van der Waals surface area contributed by atoms with Gasteiger partial charge in [0.2, 0.25) is 5.95 Å². The Kier molecular flexibility index (Phi) is 4.15. The second-order valence-electron chi connectivity index (χ2n) is 6.16. The summed E-state index contributed by atoms with van der Waals surface area (Å²) in [6.07, 6.45) is 8.69. The lowest BCUT2D eigenvalue weighted by Crippen LogP contribution is -2.46. The van der Waals surface area contributed by atoms with Gasteiger partial charge < -0.3 is 14.1 Å². The van der Waals surface area contributed by atoms with Gasteiger partial charge in [-0.1, -0.05) is 0 Å². The third-order valence-corrected chi connectivity index (χ3v) is 4.07. The Bertz CT molecular complexity index is 828. The third kappa shape index (κ3) is 3.23. The molecular weight excluding hydrogens is 318 g/mol. The summed E-state index contributed by atoms with van der Waals surface area (Å²) >= 11 is 0. The van der Waals surface area contributed by atoms with Crippen LogP contribution in [0.3, 0.4) is 0 Å². The zero-order chi connectivity index (χ0) is 17.2. The maximum absolute atomic E-state index is 5.80. The van der Waals surface area contributed by atoms with Crippen molar-refractivity contribution in [1.29, 1.82) is 0 Å². The minimum Gasteiger partial charge on any atom is -0.463 e. The SMILES string of the molecule is C[C@@H]1CN(c2ncc(-c3cnccn3)c(-c3ccco3)n2)C[C@@H](C)O1. The van der Waals surface area contributed by atoms with Crippen LogP contribution in [-0.2, 0) is 4.74 Å². The number of hydrogen-bond donors (Lipinski definition) is 0. The van der Waals surface area contributed by atoms with Gasteiger partial charge in [-0.15, -0.1) is 0 Å². The predicted octanol–water partition coefficient (Wildman–Crippen LogP) is 2.81. The van der Waals surface area contributed by atoms with Crippen molar-refractivity contribution in [2.75, 3.05) is 18.0 Å². The van der Waals surface area contributed by atoms with Crippen LogP contribution in [0.4, 0.5) is 5.95 Å². The number of rotatable bonds is 3. The molecule has 3 aromatic rings. The Labute approximate surface area is 145 Å². The van der Waals surface area contributed by atoms with E-state index in [0.717, 1.165) is 18.7 Å². The van der Waals surface area contributed by atoms with Crippen molar-refractivity contribution in [1.82, 2.24) is 19.9 Å². The normalized spacial score (nSPS) is 20.6. The molecule has 2 atom stereocenters. The summed E-state index contributed by atoms with van der Waals surface area (Å²) in [6.45, 7) is 5.63. The van der Waals surface area contributed by atoms with E-state index in [1.165, 1.54) is 0 Å². The number of nitrogens with zero attached hydrogens (tertiary/aromatic N) is 5. The molecule has 0 N–H and O–H groups in total. The Morgan fingerprint density at radius 2 is 1.92 bits per heavy atom. The highest BCUT2D eigenvalue weighted by Gasteiger charge is 2.25. The van der Waals surface area contributed by atoms with Gasteiger partial charge in [-0.3, -0.25) is 9.97 Å². The summed E-state index contributed by atoms with van der Waals surface area (Å²) < 4.78 is 11.4. The first-order valence-electron chi connectivity index (χ1n) is 8.28. The lowest BCUT2D eigenvalue weighted by Gasteiger charge is -2.35. The van der Waals surface area contributed by atoms with Crippen LogP contribution in [0.2, 0.25) is 0 Å². The number of ether oxygens (including phenoxy) is 1. The molecule has 0 aliphatic carbocycles. The van der Waals surface area contributed by atoms with E-state index in [1.807, 2.05) is 12.1 Å². The topological polar surface area (TPSA) is 77.2 Å². The zero-order valence-corrected chi connectivity index (χ0v) is 14.2. The molecule has 1 aliphatic rings. The Morgan fingerprint density at radius 3 is 2.60 bits per heavy atom. The van der Waals surface area contributed by atoms with E-state index in [1.54, 1.807) is 31.1 Å². The molecule has 7 nitrogen and oxygen atoms in total. The number of anilines is 1. The minimum atomic E-state index is 0.138. The molecule has 0 spiro atoms. The van der Waals surface area contributed by atoms with Gasteiger partial charge in [-0.2, -0.15) is 0 Å². The Hall–Kier alpha value is -2.80. The molecular formula is C18H19N5O2. The highest BCUT2D eigenvalue weighted by molar-refractivity contribution is 5.76. The van der Waals surface area contributed by atoms with Crippen molar-refractivity contribution < 1.29 is 9.15 Å². The monoisotopic (exact) mass is 337 g/mol. The number of hydrogen-bond acceptors (Lipinski definition) is 7. The number of morpholine rings is 1. The molecule has 0 saturated carbocycles. The van der Waals surface area contributed by atoms with Crippen LogP contribution in [0.25, 0.3) is 22.7 Å². The van der Waals surface area contributed by atoms with Gasteiger partial charge >= 0.3 is 0 Å². The molecule has 1 fully saturated rings. The van der Waals surface area contributed by atoms with Gasteiger partial charge in [-0.25, -0.2) is 9.97 Å². The quantitative estimate of drug-likeness (QED) is 0.727. The van der Waals surface area contributed by atoms with Gasteiger partial charge in [0.25, 0.3) is 0 Å². The highest BCUT2D eigenvalue weighted by Crippen LogP contribution is 2.30. The van der Waals surface area contributed by atoms with E-state index < -0.39 is 0 Å². The Balaban J connectivity index is 1.78. The molecule has 1 saturated heterocycles. The summed E-state index contributed by atoms with van der Waals surface area (Å²) in [5.41, 5.74) is 2.22. The standard InChI is InChI=1S/C18H19N5O2/c1-12-10-23(11-13(2)25-12)18-21-8-14(15-9-19-5-6-20-15)17(22-18)16-4-3-7-24-16/h3-9,12-13H,10-11H2,1-2H3/t12-,13-/m1/s1. The third-order valence-electron chi connectivity index (χ3n) is 4.07. The molecule has 25 heavy (non-hydrogen) atoms. The van der Waals surface area contributed by atoms with Gasteiger partial charge in [-0.05, 0) is 26.0 Å². The van der Waals surface area contributed by atoms with Crippen LogP contribution in [0.5, 0.6) is 0 Å². The summed E-state index contributed by atoms with van der Waals surface area (Å²) in [5.74, 6) is 1.35. The molecule has 4 heterocycles. The first kappa shape index (κ1) is 15.7. The first-order chi connectivity index (χ1) is 12.2. The van der Waals surface area contributed by atoms with E-state index in [0.29, 0.717) is 23.1 Å². The average molecular weight is 337 g/mol. The predicted molar refractivity (Wildman–Crippen MR) is 93.0 cm³/mol. The lowest BCUT2D eigenvalue weighted by molar-refractivity contribution is -0.00571. The van der Waals surface area contributed by atoms with Crippen molar-refractivity contribution in [2.24, 2.45) is 0 Å². The van der Waals surface area contributed by atoms with Crippen molar-refractivity contribution in [2.45, 2.75) is 26.1 Å². The average Bonchev–Trinajstić information content (AvgIpc) is 3.16. The van der Waals surface area contributed by atoms with Gasteiger partial charge in [0.15, 0.2) is 5.76 Å². The number of aromatic nitrogens is 4. The molecule has 3 aromatic heterocycles. The first-order valence-corrected chi connectivity index (χ1v) is 8.28. The molecule has 0 amide bonds. The van der Waals surface area contributed by atoms with Crippen LogP contribution in [-0.4, -0.2) is 45.2 Å². The van der Waals surface area contributed by atoms with E-state index in [-0.39, 0.29) is 12.2 Å². The summed E-state index contributed by atoms with van der Waals surface area (Å²) in [7, 11) is 0. The van der Waals surface area contributed by atoms with Crippen molar-refractivity contribution in [3.8, 4) is 22.7 Å². The molecule has 7 heteroatoms. The lowest BCUT2D eigenvalue weighted by atomic mass is 10.1. The molecule has 0 unspecified atom stereocenters. The van der Waals surface area contributed by atoms with Crippen molar-refractivity contribution >= 4 is 5.95 Å². The van der Waals surface area contributed by atoms with Crippen molar-refractivity contribution in [3.63, 3.8) is 0 Å². The maximum Gasteiger partial charge on any atom is 0.226 e. The second-order valence-corrected chi connectivity index (χ2v) is 6.16. The smallest absolute Gasteiger partial charge is 0.226 e. The van der Waals surface area contributed by atoms with Crippen LogP contribution in [0.1, 0.15) is 13.8 Å². The fourth-order valence-corrected chi connectivity index (χ4v) is 3.09. The highest BCUT2D eigenvalue weighted by atomic mass is 16.5. The summed E-state index contributed by atoms with van der Waals surface area (Å²) in [6, 6.07) is 3.73. The summed E-state index contributed by atoms with van der Waals surface area (Å²) in [4.78, 5) is 20.0. The van der Waals surface area contributed by atoms with Crippen LogP contribution in [0.15, 0.2) is 47.6 Å². The van der Waals surface area contributed by atoms with E-state index in [2.05, 4.69) is 33.7 Å². The molecule has 1 aliphatic heterocycles. The second kappa shape index (κ2) is 6.60. The van der Waals surface area contributed by atoms with Crippen molar-refractivity contribution in [3.05, 3.63) is 43.2 Å². The fraction of sp³-hybridized carbons (Fsp3) is 0.333. The van der Waals surface area contributed by atoms with Crippen LogP contribution in [0, 0.1) is 0 Å². The van der Waals surface area contributed by atoms with E-state index >= 15 is 0 Å². The molecule has 0 bridgehead atoms. The molecule has 4 rings (SSSR count). The van der Waals surface area contributed by atoms with E-state index in [4.69, 9.17) is 14.1 Å². The largest absolute Gasteiger partial charge is 0.463 e.